The van der Waals surface area contributed by atoms with Crippen molar-refractivity contribution in [1.82, 2.24) is 0 Å². The van der Waals surface area contributed by atoms with Gasteiger partial charge in [-0.25, -0.2) is 4.57 Å². The lowest BCUT2D eigenvalue weighted by atomic mass is 10.1. The molecule has 0 bridgehead atoms. The van der Waals surface area contributed by atoms with Crippen molar-refractivity contribution in [2.75, 3.05) is 26.4 Å². The Hall–Kier alpha value is -2.59. The molecule has 0 radical (unpaired) electrons. The normalized spacial score (nSPS) is 14.5. The van der Waals surface area contributed by atoms with E-state index >= 15 is 0 Å². The Kier molecular flexibility index (Phi) is 39.7. The van der Waals surface area contributed by atoms with Gasteiger partial charge in [-0.15, -0.1) is 0 Å². The molecule has 0 saturated carbocycles. The van der Waals surface area contributed by atoms with Crippen LogP contribution >= 0.6 is 7.82 Å². The van der Waals surface area contributed by atoms with E-state index in [1.165, 1.54) is 38.5 Å². The third kappa shape index (κ3) is 41.4. The average Bonchev–Trinajstić information content (AvgIpc) is 3.20. The summed E-state index contributed by atoms with van der Waals surface area (Å²) in [5.41, 5.74) is 0. The highest BCUT2D eigenvalue weighted by molar-refractivity contribution is 7.47. The predicted molar refractivity (Wildman–Crippen MR) is 233 cm³/mol. The maximum Gasteiger partial charge on any atom is 0.472 e. The van der Waals surface area contributed by atoms with Crippen molar-refractivity contribution in [3.63, 3.8) is 0 Å². The van der Waals surface area contributed by atoms with E-state index in [0.29, 0.717) is 12.8 Å². The molecule has 0 aliphatic rings. The van der Waals surface area contributed by atoms with Gasteiger partial charge in [-0.2, -0.15) is 0 Å². The maximum absolute atomic E-state index is 12.6. The van der Waals surface area contributed by atoms with Gasteiger partial charge in [0.2, 0.25) is 0 Å². The van der Waals surface area contributed by atoms with Gasteiger partial charge in [0.05, 0.1) is 19.8 Å². The van der Waals surface area contributed by atoms with Gasteiger partial charge in [0.25, 0.3) is 0 Å². The third-order valence-corrected chi connectivity index (χ3v) is 9.80. The van der Waals surface area contributed by atoms with E-state index in [1.807, 2.05) is 0 Å². The Balaban J connectivity index is 4.38. The van der Waals surface area contributed by atoms with Crippen molar-refractivity contribution in [3.8, 4) is 0 Å². The quantitative estimate of drug-likeness (QED) is 0.0236. The van der Waals surface area contributed by atoms with Crippen molar-refractivity contribution in [1.29, 1.82) is 0 Å². The second-order valence-corrected chi connectivity index (χ2v) is 15.8. The van der Waals surface area contributed by atoms with Gasteiger partial charge in [0.15, 0.2) is 6.10 Å². The number of esters is 2. The van der Waals surface area contributed by atoms with Crippen LogP contribution in [-0.2, 0) is 32.7 Å². The number of allylic oxidation sites excluding steroid dienone is 12. The maximum atomic E-state index is 12.6. The lowest BCUT2D eigenvalue weighted by molar-refractivity contribution is -0.161. The summed E-state index contributed by atoms with van der Waals surface area (Å²) in [5.74, 6) is -0.977. The molecule has 0 saturated heterocycles. The summed E-state index contributed by atoms with van der Waals surface area (Å²) in [6.07, 6.45) is 47.2. The van der Waals surface area contributed by atoms with Gasteiger partial charge < -0.3 is 24.6 Å². The van der Waals surface area contributed by atoms with Gasteiger partial charge in [0, 0.05) is 12.8 Å². The molecule has 11 heteroatoms. The van der Waals surface area contributed by atoms with Crippen LogP contribution in [0.3, 0.4) is 0 Å². The standard InChI is InChI=1S/C46H79O10P/c1-3-5-7-9-11-13-15-17-19-20-21-22-24-25-27-29-31-33-35-37-45(49)53-41-44(42-55-57(51,52)54-40-43(48)39-47)56-46(50)38-36-34-32-30-28-26-23-18-16-14-12-10-8-6-4-2/h5,7,11,13,17-19,21-23,25,27,43-44,47-48H,3-4,6,8-10,12,14-16,20,24,26,28-42H2,1-2H3,(H,51,52)/b7-5-,13-11-,19-17-,22-21-,23-18-,27-25-/t43-,44+/m0/s1. The molecule has 0 spiro atoms. The highest BCUT2D eigenvalue weighted by Gasteiger charge is 2.27. The average molecular weight is 823 g/mol. The molecule has 1 unspecified atom stereocenters. The van der Waals surface area contributed by atoms with Crippen LogP contribution in [0.1, 0.15) is 168 Å². The summed E-state index contributed by atoms with van der Waals surface area (Å²) >= 11 is 0. The van der Waals surface area contributed by atoms with E-state index in [1.54, 1.807) is 0 Å². The third-order valence-electron chi connectivity index (χ3n) is 8.84. The van der Waals surface area contributed by atoms with Gasteiger partial charge in [0.1, 0.15) is 12.7 Å². The van der Waals surface area contributed by atoms with Crippen LogP contribution in [0.2, 0.25) is 0 Å². The molecule has 10 nitrogen and oxygen atoms in total. The first kappa shape index (κ1) is 54.4. The molecule has 0 aromatic carbocycles. The fourth-order valence-electron chi connectivity index (χ4n) is 5.48. The van der Waals surface area contributed by atoms with Gasteiger partial charge in [-0.05, 0) is 83.5 Å². The van der Waals surface area contributed by atoms with E-state index in [-0.39, 0.29) is 19.4 Å². The molecule has 0 aromatic rings. The Bertz CT molecular complexity index is 1180. The summed E-state index contributed by atoms with van der Waals surface area (Å²) in [5, 5.41) is 18.3. The molecule has 3 N–H and O–H groups in total. The lowest BCUT2D eigenvalue weighted by Gasteiger charge is -2.20. The minimum Gasteiger partial charge on any atom is -0.462 e. The highest BCUT2D eigenvalue weighted by Crippen LogP contribution is 2.43. The number of rotatable bonds is 40. The Labute approximate surface area is 346 Å². The van der Waals surface area contributed by atoms with E-state index in [4.69, 9.17) is 19.1 Å². The summed E-state index contributed by atoms with van der Waals surface area (Å²) < 4.78 is 32.7. The zero-order valence-corrected chi connectivity index (χ0v) is 36.4. The number of carbonyl (C=O) groups is 2. The molecule has 0 rings (SSSR count). The van der Waals surface area contributed by atoms with Gasteiger partial charge in [-0.3, -0.25) is 18.6 Å². The Morgan fingerprint density at radius 3 is 1.49 bits per heavy atom. The van der Waals surface area contributed by atoms with Gasteiger partial charge >= 0.3 is 19.8 Å². The number of unbranched alkanes of at least 4 members (excludes halogenated alkanes) is 14. The molecule has 0 aromatic heterocycles. The first-order chi connectivity index (χ1) is 27.7. The van der Waals surface area contributed by atoms with Crippen LogP contribution in [0.25, 0.3) is 0 Å². The van der Waals surface area contributed by atoms with Crippen LogP contribution in [0, 0.1) is 0 Å². The van der Waals surface area contributed by atoms with Crippen LogP contribution in [0.15, 0.2) is 72.9 Å². The minimum atomic E-state index is -4.63. The second-order valence-electron chi connectivity index (χ2n) is 14.3. The molecule has 0 aliphatic carbocycles. The topological polar surface area (TPSA) is 149 Å². The fraction of sp³-hybridized carbons (Fsp3) is 0.696. The fourth-order valence-corrected chi connectivity index (χ4v) is 6.27. The zero-order valence-electron chi connectivity index (χ0n) is 35.5. The lowest BCUT2D eigenvalue weighted by Crippen LogP contribution is -2.29. The van der Waals surface area contributed by atoms with Crippen LogP contribution in [-0.4, -0.2) is 65.7 Å². The second kappa shape index (κ2) is 41.6. The number of ether oxygens (including phenoxy) is 2. The molecule has 57 heavy (non-hydrogen) atoms. The van der Waals surface area contributed by atoms with E-state index in [2.05, 4.69) is 91.3 Å². The first-order valence-corrected chi connectivity index (χ1v) is 23.4. The smallest absolute Gasteiger partial charge is 0.462 e. The molecule has 0 aliphatic heterocycles. The minimum absolute atomic E-state index is 0.163. The number of aliphatic hydroxyl groups excluding tert-OH is 2. The summed E-state index contributed by atoms with van der Waals surface area (Å²) in [4.78, 5) is 35.0. The van der Waals surface area contributed by atoms with Crippen molar-refractivity contribution in [3.05, 3.63) is 72.9 Å². The van der Waals surface area contributed by atoms with Crippen LogP contribution in [0.4, 0.5) is 0 Å². The highest BCUT2D eigenvalue weighted by atomic mass is 31.2. The predicted octanol–water partition coefficient (Wildman–Crippen LogP) is 11.7. The summed E-state index contributed by atoms with van der Waals surface area (Å²) in [6, 6.07) is 0. The number of carbonyl (C=O) groups excluding carboxylic acids is 2. The van der Waals surface area contributed by atoms with Crippen molar-refractivity contribution < 1.29 is 47.8 Å². The number of hydrogen-bond acceptors (Lipinski definition) is 9. The van der Waals surface area contributed by atoms with E-state index in [9.17, 15) is 24.2 Å². The van der Waals surface area contributed by atoms with E-state index < -0.39 is 51.8 Å². The molecule has 0 fully saturated rings. The SMILES string of the molecule is CC/C=C\C/C=C\C/C=C\C/C=C\C/C=C\CCCCCC(=O)OC[C@H](COP(=O)(O)OC[C@@H](O)CO)OC(=O)CCCCCCC/C=C\CCCCCCCC. The van der Waals surface area contributed by atoms with Crippen LogP contribution in [0.5, 0.6) is 0 Å². The zero-order chi connectivity index (χ0) is 41.9. The van der Waals surface area contributed by atoms with Crippen molar-refractivity contribution in [2.24, 2.45) is 0 Å². The molecular weight excluding hydrogens is 743 g/mol. The number of phosphoric acid groups is 1. The molecule has 0 amide bonds. The van der Waals surface area contributed by atoms with E-state index in [0.717, 1.165) is 89.9 Å². The summed E-state index contributed by atoms with van der Waals surface area (Å²) in [7, 11) is -4.63. The van der Waals surface area contributed by atoms with Crippen molar-refractivity contribution >= 4 is 19.8 Å². The number of aliphatic hydroxyl groups is 2. The number of phosphoric ester groups is 1. The van der Waals surface area contributed by atoms with Crippen molar-refractivity contribution in [2.45, 2.75) is 180 Å². The molecular formula is C46H79O10P. The molecule has 3 atom stereocenters. The number of hydrogen-bond donors (Lipinski definition) is 3. The Morgan fingerprint density at radius 2 is 0.965 bits per heavy atom. The Morgan fingerprint density at radius 1 is 0.544 bits per heavy atom. The largest absolute Gasteiger partial charge is 0.472 e. The molecule has 0 heterocycles. The first-order valence-electron chi connectivity index (χ1n) is 21.9. The van der Waals surface area contributed by atoms with Crippen LogP contribution < -0.4 is 0 Å². The monoisotopic (exact) mass is 823 g/mol. The summed E-state index contributed by atoms with van der Waals surface area (Å²) in [6.45, 7) is 2.20. The van der Waals surface area contributed by atoms with Gasteiger partial charge in [-0.1, -0.05) is 145 Å². The molecule has 328 valence electrons.